The molecule has 5 rings (SSSR count). The summed E-state index contributed by atoms with van der Waals surface area (Å²) in [6.45, 7) is 16.7. The van der Waals surface area contributed by atoms with Crippen LogP contribution in [0.5, 0.6) is 11.5 Å². The van der Waals surface area contributed by atoms with Crippen molar-refractivity contribution in [1.29, 1.82) is 0 Å². The molecule has 12 nitrogen and oxygen atoms in total. The summed E-state index contributed by atoms with van der Waals surface area (Å²) in [7, 11) is 4.12. The van der Waals surface area contributed by atoms with Crippen LogP contribution in [0.1, 0.15) is 72.6 Å². The van der Waals surface area contributed by atoms with Gasteiger partial charge in [-0.2, -0.15) is 0 Å². The van der Waals surface area contributed by atoms with E-state index < -0.39 is 5.97 Å². The number of nitrogens with one attached hydrogen (secondary N) is 1. The number of Topliss-reactive ketones (excluding diaryl/α,β-unsaturated/α-hetero) is 1. The van der Waals surface area contributed by atoms with Crippen LogP contribution < -0.4 is 20.5 Å². The van der Waals surface area contributed by atoms with Gasteiger partial charge >= 0.3 is 5.97 Å². The van der Waals surface area contributed by atoms with Gasteiger partial charge in [-0.05, 0) is 108 Å². The van der Waals surface area contributed by atoms with Gasteiger partial charge in [-0.25, -0.2) is 14.8 Å². The van der Waals surface area contributed by atoms with Crippen LogP contribution in [0, 0.1) is 13.8 Å². The van der Waals surface area contributed by atoms with E-state index >= 15 is 0 Å². The second-order valence-corrected chi connectivity index (χ2v) is 13.9. The number of aromatic carboxylic acids is 1. The molecular weight excluding hydrogens is 745 g/mol. The summed E-state index contributed by atoms with van der Waals surface area (Å²) >= 11 is 12.9. The van der Waals surface area contributed by atoms with E-state index in [4.69, 9.17) is 32.7 Å². The Balaban J connectivity index is 0.000000278. The molecule has 294 valence electrons. The van der Waals surface area contributed by atoms with E-state index in [1.807, 2.05) is 52.0 Å². The minimum absolute atomic E-state index is 0.0345. The van der Waals surface area contributed by atoms with E-state index in [9.17, 15) is 24.3 Å². The third kappa shape index (κ3) is 12.3. The van der Waals surface area contributed by atoms with Crippen LogP contribution in [-0.2, 0) is 19.1 Å². The van der Waals surface area contributed by atoms with Gasteiger partial charge in [0.15, 0.2) is 5.78 Å². The molecule has 2 amide bonds. The number of fused-ring (bicyclic) bond motifs is 2. The van der Waals surface area contributed by atoms with Crippen molar-refractivity contribution >= 4 is 70.6 Å². The first-order chi connectivity index (χ1) is 26.1. The highest BCUT2D eigenvalue weighted by atomic mass is 35.5. The number of carboxylic acids is 1. The predicted octanol–water partition coefficient (Wildman–Crippen LogP) is 6.33. The van der Waals surface area contributed by atoms with E-state index in [1.165, 1.54) is 13.0 Å². The van der Waals surface area contributed by atoms with Crippen LogP contribution in [0.4, 0.5) is 5.69 Å². The zero-order valence-corrected chi connectivity index (χ0v) is 34.0. The van der Waals surface area contributed by atoms with E-state index in [0.717, 1.165) is 70.3 Å². The van der Waals surface area contributed by atoms with Gasteiger partial charge < -0.3 is 24.8 Å². The Hall–Kier alpha value is -4.84. The van der Waals surface area contributed by atoms with Crippen LogP contribution in [-0.4, -0.2) is 98.1 Å². The second-order valence-electron chi connectivity index (χ2n) is 13.0. The largest absolute Gasteiger partial charge is 0.478 e. The highest BCUT2D eigenvalue weighted by Gasteiger charge is 2.29. The second kappa shape index (κ2) is 21.3. The van der Waals surface area contributed by atoms with E-state index in [1.54, 1.807) is 6.07 Å². The number of ether oxygens (including phenoxy) is 2. The number of likely N-dealkylation sites (tertiary alicyclic amines) is 1. The number of rotatable bonds is 13. The lowest BCUT2D eigenvalue weighted by Crippen LogP contribution is -2.32. The lowest BCUT2D eigenvalue weighted by atomic mass is 9.88. The zero-order valence-electron chi connectivity index (χ0n) is 32.5. The van der Waals surface area contributed by atoms with E-state index in [2.05, 4.69) is 46.9 Å². The number of amides is 2. The molecule has 0 aliphatic carbocycles. The first-order valence-corrected chi connectivity index (χ1v) is 18.6. The summed E-state index contributed by atoms with van der Waals surface area (Å²) in [5, 5.41) is 15.3. The smallest absolute Gasteiger partial charge is 0.337 e. The maximum Gasteiger partial charge on any atom is 0.337 e. The van der Waals surface area contributed by atoms with Gasteiger partial charge in [0, 0.05) is 64.6 Å². The SMILES string of the molecule is C=c1cc2c(cc1C)=C(c1c(Cl)ccc(Cl)c1C(=O)O)c1cc(C)c(NCC)cc1O2.CC(=O)COCN1C(=O)CCC1=O.CCN=C=NCCCN(C)C. The molecule has 3 aromatic rings. The van der Waals surface area contributed by atoms with E-state index in [-0.39, 0.29) is 54.4 Å². The summed E-state index contributed by atoms with van der Waals surface area (Å²) < 4.78 is 11.1. The van der Waals surface area contributed by atoms with Crippen molar-refractivity contribution in [2.75, 3.05) is 58.9 Å². The molecule has 0 atom stereocenters. The lowest BCUT2D eigenvalue weighted by molar-refractivity contribution is -0.146. The summed E-state index contributed by atoms with van der Waals surface area (Å²) in [6.07, 6.45) is 1.59. The Morgan fingerprint density at radius 3 is 2.29 bits per heavy atom. The molecule has 2 heterocycles. The van der Waals surface area contributed by atoms with Crippen molar-refractivity contribution in [3.05, 3.63) is 84.7 Å². The lowest BCUT2D eigenvalue weighted by Gasteiger charge is -2.25. The standard InChI is InChI=1S/C25H21Cl2NO3.C8H17N3.C8H11NO4/c1-5-28-19-11-21-16(9-14(19)4)22(15-8-12(2)13(3)10-20(15)31-21)23-17(26)6-7-18(27)24(23)25(29)30;1-4-9-8-10-6-5-7-11(2)3;1-6(10)4-13-5-9-7(11)2-3-8(9)12/h6-11,28H,3,5H2,1-2,4H3,(H,29,30);4-7H2,1-3H3;2-5H2,1H3. The number of halogens is 2. The molecule has 55 heavy (non-hydrogen) atoms. The molecule has 0 unspecified atom stereocenters. The van der Waals surface area contributed by atoms with Crippen LogP contribution in [0.15, 0.2) is 46.4 Å². The average molecular weight is 795 g/mol. The number of nitrogens with zero attached hydrogens (tertiary/aromatic N) is 4. The summed E-state index contributed by atoms with van der Waals surface area (Å²) in [5.41, 5.74) is 4.68. The van der Waals surface area contributed by atoms with Gasteiger partial charge in [0.1, 0.15) is 24.8 Å². The van der Waals surface area contributed by atoms with Crippen molar-refractivity contribution in [3.63, 3.8) is 0 Å². The van der Waals surface area contributed by atoms with Gasteiger partial charge in [-0.1, -0.05) is 29.8 Å². The summed E-state index contributed by atoms with van der Waals surface area (Å²) in [6, 6.07) is 13.5. The third-order valence-electron chi connectivity index (χ3n) is 8.31. The van der Waals surface area contributed by atoms with Gasteiger partial charge in [0.25, 0.3) is 0 Å². The van der Waals surface area contributed by atoms with Gasteiger partial charge in [0.2, 0.25) is 11.8 Å². The maximum absolute atomic E-state index is 12.2. The molecule has 2 aliphatic heterocycles. The Labute approximate surface area is 332 Å². The normalized spacial score (nSPS) is 12.7. The average Bonchev–Trinajstić information content (AvgIpc) is 3.44. The monoisotopic (exact) mass is 793 g/mol. The molecule has 0 saturated carbocycles. The van der Waals surface area contributed by atoms with Crippen molar-refractivity contribution in [3.8, 4) is 11.5 Å². The molecule has 0 spiro atoms. The molecule has 0 bridgehead atoms. The van der Waals surface area contributed by atoms with Crippen molar-refractivity contribution in [2.24, 2.45) is 9.98 Å². The summed E-state index contributed by atoms with van der Waals surface area (Å²) in [4.78, 5) is 55.7. The number of anilines is 1. The molecule has 2 N–H and O–H groups in total. The highest BCUT2D eigenvalue weighted by molar-refractivity contribution is 6.37. The Morgan fingerprint density at radius 2 is 1.69 bits per heavy atom. The molecule has 14 heteroatoms. The van der Waals surface area contributed by atoms with Gasteiger partial charge in [-0.15, -0.1) is 0 Å². The number of aliphatic imine (C=N–C) groups is 2. The first kappa shape index (κ1) is 44.6. The van der Waals surface area contributed by atoms with Crippen LogP contribution in [0.2, 0.25) is 10.0 Å². The number of ketones is 1. The molecule has 3 aromatic carbocycles. The fraction of sp³-hybridized carbons (Fsp3) is 0.390. The molecule has 2 aliphatic rings. The number of carbonyl (C=O) groups excluding carboxylic acids is 3. The minimum Gasteiger partial charge on any atom is -0.478 e. The van der Waals surface area contributed by atoms with Crippen molar-refractivity contribution in [1.82, 2.24) is 9.80 Å². The number of carbonyl (C=O) groups is 4. The molecular formula is C41H49Cl2N5O7. The number of imide groups is 1. The Bertz CT molecular complexity index is 2080. The topological polar surface area (TPSA) is 150 Å². The van der Waals surface area contributed by atoms with Crippen molar-refractivity contribution in [2.45, 2.75) is 53.9 Å². The van der Waals surface area contributed by atoms with E-state index in [0.29, 0.717) is 27.7 Å². The number of aryl methyl sites for hydroxylation is 2. The fourth-order valence-electron chi connectivity index (χ4n) is 5.58. The zero-order chi connectivity index (χ0) is 40.8. The number of carboxylic acid groups (broad SMARTS) is 1. The first-order valence-electron chi connectivity index (χ1n) is 17.9. The predicted molar refractivity (Wildman–Crippen MR) is 217 cm³/mol. The van der Waals surface area contributed by atoms with Crippen molar-refractivity contribution < 1.29 is 33.8 Å². The quantitative estimate of drug-likeness (QED) is 0.0899. The molecule has 0 radical (unpaired) electrons. The summed E-state index contributed by atoms with van der Waals surface area (Å²) in [5.74, 6) is -0.520. The Morgan fingerprint density at radius 1 is 1.02 bits per heavy atom. The van der Waals surface area contributed by atoms with Crippen LogP contribution in [0.25, 0.3) is 12.2 Å². The number of hydrogen-bond acceptors (Lipinski definition) is 10. The molecule has 1 fully saturated rings. The highest BCUT2D eigenvalue weighted by Crippen LogP contribution is 2.43. The van der Waals surface area contributed by atoms with Crippen LogP contribution in [0.3, 0.4) is 0 Å². The number of benzene rings is 3. The maximum atomic E-state index is 12.2. The third-order valence-corrected chi connectivity index (χ3v) is 8.94. The Kier molecular flexibility index (Phi) is 17.3. The molecule has 0 aromatic heterocycles. The molecule has 1 saturated heterocycles. The van der Waals surface area contributed by atoms with Crippen LogP contribution >= 0.6 is 23.2 Å². The van der Waals surface area contributed by atoms with Gasteiger partial charge in [-0.3, -0.25) is 19.3 Å². The fourth-order valence-corrected chi connectivity index (χ4v) is 6.07. The number of hydrogen-bond donors (Lipinski definition) is 2. The van der Waals surface area contributed by atoms with Gasteiger partial charge in [0.05, 0.1) is 23.1 Å². The minimum atomic E-state index is -1.14.